The second-order valence-electron chi connectivity index (χ2n) is 14.2. The molecule has 1 amide bonds. The summed E-state index contributed by atoms with van der Waals surface area (Å²) in [4.78, 5) is 24.9. The number of nitrogens with zero attached hydrogens (tertiary/aromatic N) is 5. The molecule has 4 fully saturated rings. The lowest BCUT2D eigenvalue weighted by Gasteiger charge is -2.34. The number of sulfonamides is 1. The van der Waals surface area contributed by atoms with E-state index in [1.54, 1.807) is 41.2 Å². The monoisotopic (exact) mass is 633 g/mol. The van der Waals surface area contributed by atoms with E-state index < -0.39 is 22.0 Å². The van der Waals surface area contributed by atoms with Gasteiger partial charge in [0.2, 0.25) is 5.88 Å². The van der Waals surface area contributed by atoms with Crippen molar-refractivity contribution in [2.45, 2.75) is 75.5 Å². The SMILES string of the molecule is CC1(C)C[C@@H]2CCCNc3cccc(n3)S(=O)(=O)NC(=O)c3ccc(-n4ccc(OCC(O)C5C6(CC6)C56CC6)n4)nc3N1C2. The lowest BCUT2D eigenvalue weighted by atomic mass is 9.93. The third kappa shape index (κ3) is 4.77. The van der Waals surface area contributed by atoms with Gasteiger partial charge < -0.3 is 20.1 Å². The fraction of sp³-hybridized carbons (Fsp3) is 0.562. The molecule has 1 unspecified atom stereocenters. The molecule has 3 aromatic heterocycles. The van der Waals surface area contributed by atoms with Crippen LogP contribution in [0.15, 0.2) is 47.6 Å². The van der Waals surface area contributed by atoms with Gasteiger partial charge in [-0.25, -0.2) is 19.4 Å². The topological polar surface area (TPSA) is 152 Å². The molecule has 2 atom stereocenters. The van der Waals surface area contributed by atoms with E-state index in [1.807, 2.05) is 0 Å². The van der Waals surface area contributed by atoms with Crippen LogP contribution in [0.2, 0.25) is 0 Å². The predicted molar refractivity (Wildman–Crippen MR) is 166 cm³/mol. The molecule has 1 saturated heterocycles. The Hall–Kier alpha value is -3.71. The van der Waals surface area contributed by atoms with Gasteiger partial charge in [0.1, 0.15) is 18.2 Å². The number of ether oxygens (including phenoxy) is 1. The Morgan fingerprint density at radius 2 is 1.87 bits per heavy atom. The molecule has 2 aliphatic heterocycles. The van der Waals surface area contributed by atoms with E-state index in [0.717, 1.165) is 19.3 Å². The molecule has 2 spiro atoms. The third-order valence-corrected chi connectivity index (χ3v) is 12.1. The summed E-state index contributed by atoms with van der Waals surface area (Å²) in [6.07, 6.45) is 8.90. The van der Waals surface area contributed by atoms with Crippen LogP contribution >= 0.6 is 0 Å². The summed E-state index contributed by atoms with van der Waals surface area (Å²) in [5.74, 6) is 1.63. The first-order valence-corrected chi connectivity index (χ1v) is 17.4. The van der Waals surface area contributed by atoms with Gasteiger partial charge in [0.05, 0.1) is 11.7 Å². The Morgan fingerprint density at radius 1 is 1.09 bits per heavy atom. The van der Waals surface area contributed by atoms with Gasteiger partial charge in [-0.2, -0.15) is 8.42 Å². The maximum Gasteiger partial charge on any atom is 0.281 e. The minimum absolute atomic E-state index is 0.152. The highest BCUT2D eigenvalue weighted by atomic mass is 32.2. The minimum atomic E-state index is -4.25. The maximum atomic E-state index is 13.6. The minimum Gasteiger partial charge on any atom is -0.474 e. The standard InChI is InChI=1S/C32H39N7O5S/c1-30(2)17-20-5-4-15-33-23-6-3-7-26(34-23)45(42,43)37-29(41)21-8-9-24(35-28(21)38(30)18-20)39-16-10-25(36-39)44-19-22(40)27-31(11-12-31)32(27)13-14-32/h3,6-10,16,20,22,27,40H,4-5,11-15,17-19H2,1-2H3,(H,33,34)(H,37,41)/t20-,22?/m0/s1. The number of hydrogen-bond acceptors (Lipinski definition) is 10. The van der Waals surface area contributed by atoms with Crippen molar-refractivity contribution < 1.29 is 23.1 Å². The zero-order chi connectivity index (χ0) is 31.2. The van der Waals surface area contributed by atoms with Crippen molar-refractivity contribution >= 4 is 27.6 Å². The van der Waals surface area contributed by atoms with Crippen LogP contribution in [0.4, 0.5) is 11.6 Å². The van der Waals surface area contributed by atoms with E-state index in [2.05, 4.69) is 38.9 Å². The van der Waals surface area contributed by atoms with Gasteiger partial charge in [-0.3, -0.25) is 4.79 Å². The quantitative estimate of drug-likeness (QED) is 0.381. The summed E-state index contributed by atoms with van der Waals surface area (Å²) in [7, 11) is -4.25. The van der Waals surface area contributed by atoms with Crippen LogP contribution in [0.5, 0.6) is 5.88 Å². The Morgan fingerprint density at radius 3 is 2.62 bits per heavy atom. The molecule has 8 rings (SSSR count). The van der Waals surface area contributed by atoms with Gasteiger partial charge in [0.15, 0.2) is 10.8 Å². The van der Waals surface area contributed by atoms with Crippen LogP contribution in [0.25, 0.3) is 5.82 Å². The lowest BCUT2D eigenvalue weighted by Crippen LogP contribution is -2.41. The molecule has 5 heterocycles. The number of rotatable bonds is 5. The zero-order valence-electron chi connectivity index (χ0n) is 25.6. The molecule has 5 aliphatic rings. The number of fused-ring (bicyclic) bond motifs is 7. The lowest BCUT2D eigenvalue weighted by molar-refractivity contribution is 0.0768. The molecule has 45 heavy (non-hydrogen) atoms. The van der Waals surface area contributed by atoms with Crippen molar-refractivity contribution in [3.05, 3.63) is 48.2 Å². The van der Waals surface area contributed by atoms with Gasteiger partial charge in [0, 0.05) is 36.8 Å². The van der Waals surface area contributed by atoms with Crippen molar-refractivity contribution in [3.63, 3.8) is 0 Å². The number of anilines is 2. The van der Waals surface area contributed by atoms with Crippen LogP contribution in [-0.4, -0.2) is 70.5 Å². The smallest absolute Gasteiger partial charge is 0.281 e. The van der Waals surface area contributed by atoms with E-state index in [9.17, 15) is 18.3 Å². The molecular weight excluding hydrogens is 594 g/mol. The number of hydrogen-bond donors (Lipinski definition) is 3. The summed E-state index contributed by atoms with van der Waals surface area (Å²) >= 11 is 0. The predicted octanol–water partition coefficient (Wildman–Crippen LogP) is 3.52. The average molecular weight is 634 g/mol. The Kier molecular flexibility index (Phi) is 6.32. The molecule has 13 heteroatoms. The van der Waals surface area contributed by atoms with Crippen LogP contribution in [-0.2, 0) is 10.0 Å². The molecule has 3 N–H and O–H groups in total. The number of nitrogens with one attached hydrogen (secondary N) is 2. The number of pyridine rings is 2. The van der Waals surface area contributed by atoms with Gasteiger partial charge in [-0.15, -0.1) is 5.10 Å². The van der Waals surface area contributed by atoms with Crippen LogP contribution in [0, 0.1) is 22.7 Å². The van der Waals surface area contributed by atoms with Crippen LogP contribution in [0.3, 0.4) is 0 Å². The first-order valence-electron chi connectivity index (χ1n) is 16.0. The molecule has 4 bridgehead atoms. The van der Waals surface area contributed by atoms with E-state index in [1.165, 1.54) is 31.7 Å². The van der Waals surface area contributed by atoms with Crippen molar-refractivity contribution in [1.82, 2.24) is 24.5 Å². The van der Waals surface area contributed by atoms with Gasteiger partial charge >= 0.3 is 0 Å². The molecule has 3 aromatic rings. The number of aromatic nitrogens is 4. The molecule has 238 valence electrons. The normalized spacial score (nSPS) is 25.8. The largest absolute Gasteiger partial charge is 0.474 e. The Balaban J connectivity index is 1.08. The number of carbonyl (C=O) groups is 1. The highest BCUT2D eigenvalue weighted by Crippen LogP contribution is 2.93. The Labute approximate surface area is 262 Å². The summed E-state index contributed by atoms with van der Waals surface area (Å²) in [5, 5.41) is 18.4. The average Bonchev–Trinajstić information content (AvgIpc) is 3.96. The summed E-state index contributed by atoms with van der Waals surface area (Å²) < 4.78 is 36.2. The van der Waals surface area contributed by atoms with Crippen molar-refractivity contribution in [1.29, 1.82) is 0 Å². The van der Waals surface area contributed by atoms with E-state index in [4.69, 9.17) is 9.72 Å². The van der Waals surface area contributed by atoms with Crippen LogP contribution < -0.4 is 19.7 Å². The van der Waals surface area contributed by atoms with Crippen molar-refractivity contribution in [2.24, 2.45) is 22.7 Å². The highest BCUT2D eigenvalue weighted by molar-refractivity contribution is 7.90. The number of aliphatic hydroxyl groups is 1. The zero-order valence-corrected chi connectivity index (χ0v) is 26.4. The Bertz CT molecular complexity index is 1760. The number of aliphatic hydroxyl groups excluding tert-OH is 1. The summed E-state index contributed by atoms with van der Waals surface area (Å²) in [5.41, 5.74) is 0.604. The summed E-state index contributed by atoms with van der Waals surface area (Å²) in [6, 6.07) is 9.66. The fourth-order valence-corrected chi connectivity index (χ4v) is 9.52. The first-order chi connectivity index (χ1) is 21.5. The van der Waals surface area contributed by atoms with Gasteiger partial charge in [-0.1, -0.05) is 6.07 Å². The molecule has 12 nitrogen and oxygen atoms in total. The van der Waals surface area contributed by atoms with Crippen LogP contribution in [0.1, 0.15) is 69.2 Å². The fourth-order valence-electron chi connectivity index (χ4n) is 8.58. The second-order valence-corrected chi connectivity index (χ2v) is 15.8. The summed E-state index contributed by atoms with van der Waals surface area (Å²) in [6.45, 7) is 5.78. The van der Waals surface area contributed by atoms with Gasteiger partial charge in [-0.05, 0) is 99.8 Å². The van der Waals surface area contributed by atoms with Gasteiger partial charge in [0.25, 0.3) is 15.9 Å². The second kappa shape index (κ2) is 9.89. The van der Waals surface area contributed by atoms with E-state index in [-0.39, 0.29) is 22.7 Å². The number of carbonyl (C=O) groups excluding carboxylic acids is 1. The first kappa shape index (κ1) is 28.7. The van der Waals surface area contributed by atoms with Crippen molar-refractivity contribution in [2.75, 3.05) is 29.9 Å². The van der Waals surface area contributed by atoms with E-state index >= 15 is 0 Å². The molecular formula is C32H39N7O5S. The molecule has 3 aliphatic carbocycles. The third-order valence-electron chi connectivity index (χ3n) is 10.9. The molecule has 0 aromatic carbocycles. The molecule has 0 radical (unpaired) electrons. The van der Waals surface area contributed by atoms with E-state index in [0.29, 0.717) is 59.1 Å². The van der Waals surface area contributed by atoms with Crippen molar-refractivity contribution in [3.8, 4) is 11.7 Å². The maximum absolute atomic E-state index is 13.6. The molecule has 3 saturated carbocycles. The highest BCUT2D eigenvalue weighted by Gasteiger charge is 2.87. The number of amides is 1.